The first kappa shape index (κ1) is 23.3. The Morgan fingerprint density at radius 1 is 0.971 bits per heavy atom. The highest BCUT2D eigenvalue weighted by Crippen LogP contribution is 2.44. The average molecular weight is 582 g/mol. The molecule has 0 aromatic heterocycles. The van der Waals surface area contributed by atoms with E-state index in [9.17, 15) is 14.4 Å². The normalized spacial score (nSPS) is 15.0. The summed E-state index contributed by atoms with van der Waals surface area (Å²) >= 11 is 2.07. The van der Waals surface area contributed by atoms with Crippen LogP contribution in [0.3, 0.4) is 0 Å². The fourth-order valence-corrected chi connectivity index (χ4v) is 5.32. The van der Waals surface area contributed by atoms with Crippen molar-refractivity contribution >= 4 is 46.2 Å². The van der Waals surface area contributed by atoms with Crippen LogP contribution < -0.4 is 10.6 Å². The lowest BCUT2D eigenvalue weighted by atomic mass is 9.98. The number of fused-ring (bicyclic) bond motifs is 3. The third-order valence-corrected chi connectivity index (χ3v) is 7.09. The standard InChI is InChI=1S/C27H23IN2O5/c28-17-11-16(25(33)30-27(9-10-27)14-24(31)32)12-18(13-17)29-26(34)35-15-23-21-7-3-1-5-19(21)20-6-2-4-8-22(20)23/h1-8,11-13,23H,9-10,14-15H2,(H,29,34)(H,30,33)(H,31,32). The fraction of sp³-hybridized carbons (Fsp3) is 0.222. The predicted octanol–water partition coefficient (Wildman–Crippen LogP) is 5.39. The summed E-state index contributed by atoms with van der Waals surface area (Å²) < 4.78 is 6.36. The molecular weight excluding hydrogens is 559 g/mol. The average Bonchev–Trinajstić information content (AvgIpc) is 3.48. The lowest BCUT2D eigenvalue weighted by molar-refractivity contribution is -0.137. The van der Waals surface area contributed by atoms with Gasteiger partial charge in [-0.25, -0.2) is 4.79 Å². The molecule has 2 aliphatic carbocycles. The van der Waals surface area contributed by atoms with Crippen LogP contribution in [0.15, 0.2) is 66.7 Å². The molecule has 3 N–H and O–H groups in total. The molecule has 0 radical (unpaired) electrons. The molecular formula is C27H23IN2O5. The third kappa shape index (κ3) is 5.02. The second-order valence-electron chi connectivity index (χ2n) is 8.98. The SMILES string of the molecule is O=C(O)CC1(NC(=O)c2cc(I)cc(NC(=O)OCC3c4ccccc4-c4ccccc43)c2)CC1. The molecule has 0 bridgehead atoms. The van der Waals surface area contributed by atoms with Crippen LogP contribution in [-0.2, 0) is 9.53 Å². The molecule has 0 atom stereocenters. The van der Waals surface area contributed by atoms with Gasteiger partial charge in [-0.3, -0.25) is 14.9 Å². The van der Waals surface area contributed by atoms with Gasteiger partial charge in [0, 0.05) is 20.7 Å². The first-order chi connectivity index (χ1) is 16.8. The number of carboxylic acid groups (broad SMARTS) is 1. The van der Waals surface area contributed by atoms with Crippen LogP contribution in [0.2, 0.25) is 0 Å². The van der Waals surface area contributed by atoms with E-state index in [1.165, 1.54) is 0 Å². The number of hydrogen-bond donors (Lipinski definition) is 3. The Kier molecular flexibility index (Phi) is 6.22. The van der Waals surface area contributed by atoms with Crippen LogP contribution in [-0.4, -0.2) is 35.2 Å². The molecule has 0 unspecified atom stereocenters. The molecule has 178 valence electrons. The number of rotatable bonds is 7. The molecule has 1 fully saturated rings. The smallest absolute Gasteiger partial charge is 0.411 e. The van der Waals surface area contributed by atoms with Crippen LogP contribution in [0.25, 0.3) is 11.1 Å². The molecule has 8 heteroatoms. The Balaban J connectivity index is 1.25. The second-order valence-corrected chi connectivity index (χ2v) is 10.2. The van der Waals surface area contributed by atoms with Crippen molar-refractivity contribution in [1.82, 2.24) is 5.32 Å². The van der Waals surface area contributed by atoms with Gasteiger partial charge in [0.05, 0.1) is 12.0 Å². The number of carbonyl (C=O) groups is 3. The molecule has 2 amide bonds. The van der Waals surface area contributed by atoms with Crippen LogP contribution in [0, 0.1) is 3.57 Å². The summed E-state index contributed by atoms with van der Waals surface area (Å²) in [7, 11) is 0. The van der Waals surface area contributed by atoms with Gasteiger partial charge in [0.2, 0.25) is 0 Å². The third-order valence-electron chi connectivity index (χ3n) is 6.47. The van der Waals surface area contributed by atoms with Crippen molar-refractivity contribution in [2.45, 2.75) is 30.7 Å². The molecule has 5 rings (SSSR count). The zero-order valence-corrected chi connectivity index (χ0v) is 20.9. The van der Waals surface area contributed by atoms with E-state index >= 15 is 0 Å². The zero-order valence-electron chi connectivity index (χ0n) is 18.7. The highest BCUT2D eigenvalue weighted by atomic mass is 127. The minimum Gasteiger partial charge on any atom is -0.481 e. The van der Waals surface area contributed by atoms with E-state index in [0.717, 1.165) is 25.8 Å². The van der Waals surface area contributed by atoms with Gasteiger partial charge in [0.1, 0.15) is 6.61 Å². The highest BCUT2D eigenvalue weighted by molar-refractivity contribution is 14.1. The van der Waals surface area contributed by atoms with Crippen molar-refractivity contribution in [3.8, 4) is 11.1 Å². The maximum absolute atomic E-state index is 12.8. The monoisotopic (exact) mass is 582 g/mol. The van der Waals surface area contributed by atoms with Crippen molar-refractivity contribution in [2.75, 3.05) is 11.9 Å². The molecule has 0 saturated heterocycles. The van der Waals surface area contributed by atoms with E-state index in [4.69, 9.17) is 9.84 Å². The van der Waals surface area contributed by atoms with E-state index in [1.54, 1.807) is 18.2 Å². The van der Waals surface area contributed by atoms with Gasteiger partial charge in [-0.05, 0) is 75.9 Å². The largest absolute Gasteiger partial charge is 0.481 e. The summed E-state index contributed by atoms with van der Waals surface area (Å²) in [6.07, 6.45) is 0.567. The number of amides is 2. The summed E-state index contributed by atoms with van der Waals surface area (Å²) in [5.74, 6) is -1.35. The van der Waals surface area contributed by atoms with Gasteiger partial charge < -0.3 is 15.2 Å². The summed E-state index contributed by atoms with van der Waals surface area (Å²) in [6, 6.07) is 21.2. The molecule has 35 heavy (non-hydrogen) atoms. The van der Waals surface area contributed by atoms with Gasteiger partial charge in [-0.2, -0.15) is 0 Å². The van der Waals surface area contributed by atoms with Crippen molar-refractivity contribution in [2.24, 2.45) is 0 Å². The maximum Gasteiger partial charge on any atom is 0.411 e. The summed E-state index contributed by atoms with van der Waals surface area (Å²) in [6.45, 7) is 0.189. The van der Waals surface area contributed by atoms with Crippen LogP contribution in [0.4, 0.5) is 10.5 Å². The van der Waals surface area contributed by atoms with Gasteiger partial charge >= 0.3 is 12.1 Å². The number of aliphatic carboxylic acids is 1. The van der Waals surface area contributed by atoms with Gasteiger partial charge in [0.15, 0.2) is 0 Å². The molecule has 3 aromatic carbocycles. The Labute approximate surface area is 216 Å². The number of carbonyl (C=O) groups excluding carboxylic acids is 2. The first-order valence-corrected chi connectivity index (χ1v) is 12.4. The Morgan fingerprint density at radius 3 is 2.20 bits per heavy atom. The molecule has 0 heterocycles. The number of benzene rings is 3. The minimum atomic E-state index is -0.942. The van der Waals surface area contributed by atoms with Crippen LogP contribution >= 0.6 is 22.6 Å². The molecule has 7 nitrogen and oxygen atoms in total. The Morgan fingerprint density at radius 2 is 1.60 bits per heavy atom. The predicted molar refractivity (Wildman–Crippen MR) is 140 cm³/mol. The van der Waals surface area contributed by atoms with Crippen molar-refractivity contribution in [3.05, 3.63) is 87.0 Å². The first-order valence-electron chi connectivity index (χ1n) is 11.3. The van der Waals surface area contributed by atoms with Crippen molar-refractivity contribution in [3.63, 3.8) is 0 Å². The van der Waals surface area contributed by atoms with Crippen LogP contribution in [0.5, 0.6) is 0 Å². The number of nitrogens with one attached hydrogen (secondary N) is 2. The van der Waals surface area contributed by atoms with E-state index in [0.29, 0.717) is 24.1 Å². The van der Waals surface area contributed by atoms with E-state index < -0.39 is 17.6 Å². The molecule has 1 saturated carbocycles. The quantitative estimate of drug-likeness (QED) is 0.324. The van der Waals surface area contributed by atoms with E-state index in [2.05, 4.69) is 57.5 Å². The van der Waals surface area contributed by atoms with Gasteiger partial charge in [-0.1, -0.05) is 48.5 Å². The number of hydrogen-bond acceptors (Lipinski definition) is 4. The summed E-state index contributed by atoms with van der Waals surface area (Å²) in [5.41, 5.74) is 4.67. The van der Waals surface area contributed by atoms with Gasteiger partial charge in [-0.15, -0.1) is 0 Å². The number of halogens is 1. The lowest BCUT2D eigenvalue weighted by Gasteiger charge is -2.16. The molecule has 2 aliphatic rings. The second kappa shape index (κ2) is 9.33. The van der Waals surface area contributed by atoms with E-state index in [-0.39, 0.29) is 24.9 Å². The molecule has 0 spiro atoms. The van der Waals surface area contributed by atoms with Crippen molar-refractivity contribution in [1.29, 1.82) is 0 Å². The Bertz CT molecular complexity index is 1290. The fourth-order valence-electron chi connectivity index (χ4n) is 4.64. The topological polar surface area (TPSA) is 105 Å². The number of anilines is 1. The van der Waals surface area contributed by atoms with Gasteiger partial charge in [0.25, 0.3) is 5.91 Å². The Hall–Kier alpha value is -3.40. The van der Waals surface area contributed by atoms with Crippen LogP contribution in [0.1, 0.15) is 46.7 Å². The molecule has 3 aromatic rings. The van der Waals surface area contributed by atoms with Crippen molar-refractivity contribution < 1.29 is 24.2 Å². The summed E-state index contributed by atoms with van der Waals surface area (Å²) in [4.78, 5) is 36.5. The minimum absolute atomic E-state index is 0.0469. The molecule has 0 aliphatic heterocycles. The highest BCUT2D eigenvalue weighted by Gasteiger charge is 2.46. The lowest BCUT2D eigenvalue weighted by Crippen LogP contribution is -2.38. The number of carboxylic acids is 1. The zero-order chi connectivity index (χ0) is 24.6. The van der Waals surface area contributed by atoms with E-state index in [1.807, 2.05) is 24.3 Å². The summed E-state index contributed by atoms with van der Waals surface area (Å²) in [5, 5.41) is 14.6. The maximum atomic E-state index is 12.8. The number of ether oxygens (including phenoxy) is 1.